The van der Waals surface area contributed by atoms with E-state index in [1.807, 2.05) is 6.07 Å². The zero-order valence-electron chi connectivity index (χ0n) is 9.67. The highest BCUT2D eigenvalue weighted by molar-refractivity contribution is 7.16. The summed E-state index contributed by atoms with van der Waals surface area (Å²) in [6.07, 6.45) is 0. The number of nitrogens with zero attached hydrogens (tertiary/aromatic N) is 1. The summed E-state index contributed by atoms with van der Waals surface area (Å²) in [7, 11) is 0. The lowest BCUT2D eigenvalue weighted by Gasteiger charge is -2.04. The van der Waals surface area contributed by atoms with E-state index in [1.165, 1.54) is 35.6 Å². The van der Waals surface area contributed by atoms with Gasteiger partial charge in [0.1, 0.15) is 11.6 Å². The minimum absolute atomic E-state index is 0.184. The van der Waals surface area contributed by atoms with Crippen molar-refractivity contribution in [1.82, 2.24) is 4.98 Å². The van der Waals surface area contributed by atoms with E-state index in [4.69, 9.17) is 4.74 Å². The predicted molar refractivity (Wildman–Crippen MR) is 71.0 cm³/mol. The molecule has 3 rings (SSSR count). The molecule has 0 atom stereocenters. The molecule has 0 N–H and O–H groups in total. The second kappa shape index (κ2) is 4.78. The van der Waals surface area contributed by atoms with Crippen LogP contribution in [-0.4, -0.2) is 11.0 Å². The van der Waals surface area contributed by atoms with Crippen LogP contribution in [0.2, 0.25) is 0 Å². The van der Waals surface area contributed by atoms with Gasteiger partial charge in [-0.15, -0.1) is 11.3 Å². The molecule has 0 aliphatic rings. The number of fused-ring (bicyclic) bond motifs is 1. The smallest absolute Gasteiger partial charge is 0.343 e. The Morgan fingerprint density at radius 1 is 1.21 bits per heavy atom. The molecule has 0 unspecified atom stereocenters. The molecule has 0 aliphatic heterocycles. The lowest BCUT2D eigenvalue weighted by Crippen LogP contribution is -2.08. The van der Waals surface area contributed by atoms with Gasteiger partial charge in [0, 0.05) is 6.07 Å². The molecule has 1 aromatic heterocycles. The molecular formula is C14H8FNO2S. The Hall–Kier alpha value is -2.27. The fourth-order valence-corrected chi connectivity index (χ4v) is 2.34. The van der Waals surface area contributed by atoms with Crippen LogP contribution in [0.1, 0.15) is 10.4 Å². The molecule has 1 heterocycles. The summed E-state index contributed by atoms with van der Waals surface area (Å²) in [5.74, 6) is -0.788. The number of esters is 1. The number of benzene rings is 2. The number of hydrogen-bond donors (Lipinski definition) is 0. The Labute approximate surface area is 112 Å². The van der Waals surface area contributed by atoms with Crippen LogP contribution >= 0.6 is 11.3 Å². The van der Waals surface area contributed by atoms with Crippen LogP contribution in [0.15, 0.2) is 48.0 Å². The van der Waals surface area contributed by atoms with Crippen molar-refractivity contribution in [1.29, 1.82) is 0 Å². The van der Waals surface area contributed by atoms with Gasteiger partial charge in [-0.25, -0.2) is 14.2 Å². The lowest BCUT2D eigenvalue weighted by atomic mass is 10.2. The molecule has 0 aliphatic carbocycles. The number of halogens is 1. The van der Waals surface area contributed by atoms with Crippen LogP contribution in [-0.2, 0) is 0 Å². The molecule has 3 nitrogen and oxygen atoms in total. The van der Waals surface area contributed by atoms with E-state index in [0.29, 0.717) is 5.56 Å². The van der Waals surface area contributed by atoms with Crippen molar-refractivity contribution >= 4 is 27.5 Å². The van der Waals surface area contributed by atoms with Gasteiger partial charge in [-0.3, -0.25) is 0 Å². The largest absolute Gasteiger partial charge is 0.423 e. The second-order valence-electron chi connectivity index (χ2n) is 3.88. The molecule has 94 valence electrons. The number of carbonyl (C=O) groups is 1. The molecule has 0 amide bonds. The summed E-state index contributed by atoms with van der Waals surface area (Å²) in [5.41, 5.74) is 2.85. The topological polar surface area (TPSA) is 39.2 Å². The van der Waals surface area contributed by atoms with E-state index in [2.05, 4.69) is 4.98 Å². The van der Waals surface area contributed by atoms with E-state index in [1.54, 1.807) is 17.6 Å². The van der Waals surface area contributed by atoms with E-state index >= 15 is 0 Å². The first-order valence-corrected chi connectivity index (χ1v) is 6.41. The second-order valence-corrected chi connectivity index (χ2v) is 4.77. The maximum atomic E-state index is 13.0. The molecule has 5 heteroatoms. The monoisotopic (exact) mass is 273 g/mol. The third kappa shape index (κ3) is 2.46. The Morgan fingerprint density at radius 2 is 2.11 bits per heavy atom. The third-order valence-electron chi connectivity index (χ3n) is 2.57. The number of thiazole rings is 1. The molecule has 0 saturated carbocycles. The van der Waals surface area contributed by atoms with Gasteiger partial charge in [-0.1, -0.05) is 6.07 Å². The average molecular weight is 273 g/mol. The standard InChI is InChI=1S/C14H8FNO2S/c15-10-2-1-3-11(7-10)18-14(17)9-4-5-13-12(6-9)16-8-19-13/h1-8H. The summed E-state index contributed by atoms with van der Waals surface area (Å²) in [5, 5.41) is 0. The fourth-order valence-electron chi connectivity index (χ4n) is 1.68. The van der Waals surface area contributed by atoms with Gasteiger partial charge in [0.2, 0.25) is 0 Å². The molecule has 0 spiro atoms. The Balaban J connectivity index is 1.87. The Morgan fingerprint density at radius 3 is 2.95 bits per heavy atom. The van der Waals surface area contributed by atoms with Gasteiger partial charge in [0.25, 0.3) is 0 Å². The van der Waals surface area contributed by atoms with Gasteiger partial charge >= 0.3 is 5.97 Å². The minimum atomic E-state index is -0.527. The Bertz CT molecular complexity index is 754. The number of aromatic nitrogens is 1. The number of ether oxygens (including phenoxy) is 1. The summed E-state index contributed by atoms with van der Waals surface area (Å²) >= 11 is 1.50. The number of rotatable bonds is 2. The zero-order chi connectivity index (χ0) is 13.2. The first kappa shape index (κ1) is 11.8. The minimum Gasteiger partial charge on any atom is -0.423 e. The summed E-state index contributed by atoms with van der Waals surface area (Å²) in [6, 6.07) is 10.6. The first-order chi connectivity index (χ1) is 9.22. The quantitative estimate of drug-likeness (QED) is 0.528. The van der Waals surface area contributed by atoms with Crippen molar-refractivity contribution in [3.8, 4) is 5.75 Å². The summed E-state index contributed by atoms with van der Waals surface area (Å²) < 4.78 is 19.1. The van der Waals surface area contributed by atoms with Gasteiger partial charge in [-0.05, 0) is 30.3 Å². The highest BCUT2D eigenvalue weighted by Gasteiger charge is 2.10. The molecule has 0 radical (unpaired) electrons. The molecular weight excluding hydrogens is 265 g/mol. The van der Waals surface area contributed by atoms with E-state index in [-0.39, 0.29) is 5.75 Å². The van der Waals surface area contributed by atoms with Crippen LogP contribution in [0.4, 0.5) is 4.39 Å². The maximum absolute atomic E-state index is 13.0. The van der Waals surface area contributed by atoms with Gasteiger partial charge in [0.15, 0.2) is 0 Å². The van der Waals surface area contributed by atoms with Gasteiger partial charge in [0.05, 0.1) is 21.3 Å². The summed E-state index contributed by atoms with van der Waals surface area (Å²) in [4.78, 5) is 16.1. The Kier molecular flexibility index (Phi) is 2.97. The van der Waals surface area contributed by atoms with Crippen molar-refractivity contribution in [3.05, 3.63) is 59.4 Å². The van der Waals surface area contributed by atoms with Crippen LogP contribution < -0.4 is 4.74 Å². The van der Waals surface area contributed by atoms with Crippen molar-refractivity contribution < 1.29 is 13.9 Å². The third-order valence-corrected chi connectivity index (χ3v) is 3.38. The SMILES string of the molecule is O=C(Oc1cccc(F)c1)c1ccc2scnc2c1. The number of hydrogen-bond acceptors (Lipinski definition) is 4. The van der Waals surface area contributed by atoms with Crippen molar-refractivity contribution in [3.63, 3.8) is 0 Å². The average Bonchev–Trinajstić information content (AvgIpc) is 2.85. The fraction of sp³-hybridized carbons (Fsp3) is 0. The van der Waals surface area contributed by atoms with Crippen LogP contribution in [0.3, 0.4) is 0 Å². The van der Waals surface area contributed by atoms with Gasteiger partial charge < -0.3 is 4.74 Å². The summed E-state index contributed by atoms with van der Waals surface area (Å²) in [6.45, 7) is 0. The van der Waals surface area contributed by atoms with E-state index in [9.17, 15) is 9.18 Å². The normalized spacial score (nSPS) is 10.6. The van der Waals surface area contributed by atoms with Crippen LogP contribution in [0.25, 0.3) is 10.2 Å². The van der Waals surface area contributed by atoms with Crippen molar-refractivity contribution in [2.75, 3.05) is 0 Å². The molecule has 19 heavy (non-hydrogen) atoms. The van der Waals surface area contributed by atoms with E-state index < -0.39 is 11.8 Å². The maximum Gasteiger partial charge on any atom is 0.343 e. The van der Waals surface area contributed by atoms with Crippen molar-refractivity contribution in [2.24, 2.45) is 0 Å². The lowest BCUT2D eigenvalue weighted by molar-refractivity contribution is 0.0734. The number of carbonyl (C=O) groups excluding carboxylic acids is 1. The van der Waals surface area contributed by atoms with Gasteiger partial charge in [-0.2, -0.15) is 0 Å². The molecule has 0 saturated heterocycles. The zero-order valence-corrected chi connectivity index (χ0v) is 10.5. The van der Waals surface area contributed by atoms with Crippen LogP contribution in [0.5, 0.6) is 5.75 Å². The molecule has 3 aromatic rings. The van der Waals surface area contributed by atoms with Crippen LogP contribution in [0, 0.1) is 5.82 Å². The highest BCUT2D eigenvalue weighted by Crippen LogP contribution is 2.20. The van der Waals surface area contributed by atoms with Crippen molar-refractivity contribution in [2.45, 2.75) is 0 Å². The predicted octanol–water partition coefficient (Wildman–Crippen LogP) is 3.65. The molecule has 0 fully saturated rings. The highest BCUT2D eigenvalue weighted by atomic mass is 32.1. The first-order valence-electron chi connectivity index (χ1n) is 5.53. The molecule has 2 aromatic carbocycles. The molecule has 0 bridgehead atoms. The van der Waals surface area contributed by atoms with E-state index in [0.717, 1.165) is 10.2 Å².